The Balaban J connectivity index is 1.03. The molecule has 2 aromatic carbocycles. The summed E-state index contributed by atoms with van der Waals surface area (Å²) in [5.74, 6) is 0.498. The number of benzene rings is 2. The SMILES string of the molecule is O=C(CCCCCCC(=O)N1CCN(c2ccc(Nc3nc(-c4ccc5cn[nH]c5c4)cn4ccnc34)cc2)CC1)NO. The highest BCUT2D eigenvalue weighted by molar-refractivity contribution is 5.84. The number of unbranched alkanes of at least 4 members (excludes halogenated alkanes) is 3. The molecule has 4 N–H and O–H groups in total. The number of H-pyrrole nitrogens is 1. The van der Waals surface area contributed by atoms with Crippen molar-refractivity contribution in [2.24, 2.45) is 0 Å². The van der Waals surface area contributed by atoms with Crippen molar-refractivity contribution in [3.05, 3.63) is 67.3 Å². The van der Waals surface area contributed by atoms with Gasteiger partial charge in [-0.3, -0.25) is 19.9 Å². The highest BCUT2D eigenvalue weighted by Crippen LogP contribution is 2.28. The number of rotatable bonds is 11. The number of carbonyl (C=O) groups is 2. The summed E-state index contributed by atoms with van der Waals surface area (Å²) < 4.78 is 1.97. The number of carbonyl (C=O) groups excluding carboxylic acids is 2. The summed E-state index contributed by atoms with van der Waals surface area (Å²) in [5.41, 5.74) is 7.17. The van der Waals surface area contributed by atoms with Crippen molar-refractivity contribution in [3.8, 4) is 11.3 Å². The molecule has 1 aliphatic heterocycles. The van der Waals surface area contributed by atoms with E-state index in [1.165, 1.54) is 0 Å². The minimum atomic E-state index is -0.363. The van der Waals surface area contributed by atoms with Gasteiger partial charge in [0.15, 0.2) is 11.5 Å². The van der Waals surface area contributed by atoms with Crippen LogP contribution >= 0.6 is 0 Å². The summed E-state index contributed by atoms with van der Waals surface area (Å²) >= 11 is 0. The zero-order chi connectivity index (χ0) is 29.6. The second kappa shape index (κ2) is 12.9. The van der Waals surface area contributed by atoms with Gasteiger partial charge in [0.05, 0.1) is 17.4 Å². The Labute approximate surface area is 248 Å². The summed E-state index contributed by atoms with van der Waals surface area (Å²) in [7, 11) is 0. The van der Waals surface area contributed by atoms with E-state index < -0.39 is 0 Å². The van der Waals surface area contributed by atoms with Crippen LogP contribution in [0.5, 0.6) is 0 Å². The van der Waals surface area contributed by atoms with Gasteiger partial charge in [-0.1, -0.05) is 25.0 Å². The Morgan fingerprint density at radius 3 is 2.53 bits per heavy atom. The average Bonchev–Trinajstić information content (AvgIpc) is 3.72. The first-order valence-corrected chi connectivity index (χ1v) is 14.7. The van der Waals surface area contributed by atoms with Crippen LogP contribution in [0, 0.1) is 0 Å². The van der Waals surface area contributed by atoms with Crippen molar-refractivity contribution in [2.45, 2.75) is 38.5 Å². The van der Waals surface area contributed by atoms with Crippen molar-refractivity contribution in [1.82, 2.24) is 34.9 Å². The number of hydrogen-bond acceptors (Lipinski definition) is 8. The van der Waals surface area contributed by atoms with Crippen molar-refractivity contribution in [1.29, 1.82) is 0 Å². The lowest BCUT2D eigenvalue weighted by molar-refractivity contribution is -0.132. The average molecular weight is 582 g/mol. The first kappa shape index (κ1) is 28.2. The smallest absolute Gasteiger partial charge is 0.243 e. The normalized spacial score (nSPS) is 13.5. The van der Waals surface area contributed by atoms with Gasteiger partial charge in [-0.15, -0.1) is 0 Å². The quantitative estimate of drug-likeness (QED) is 0.101. The number of imidazole rings is 1. The molecule has 6 rings (SSSR count). The minimum absolute atomic E-state index is 0.192. The summed E-state index contributed by atoms with van der Waals surface area (Å²) in [6, 6.07) is 14.4. The largest absolute Gasteiger partial charge is 0.368 e. The molecule has 4 heterocycles. The zero-order valence-electron chi connectivity index (χ0n) is 23.9. The summed E-state index contributed by atoms with van der Waals surface area (Å²) in [6.45, 7) is 2.98. The first-order valence-electron chi connectivity index (χ1n) is 14.7. The molecule has 43 heavy (non-hydrogen) atoms. The fraction of sp³-hybridized carbons (Fsp3) is 0.323. The number of anilines is 3. The third-order valence-corrected chi connectivity index (χ3v) is 7.91. The van der Waals surface area contributed by atoms with Crippen LogP contribution in [0.4, 0.5) is 17.2 Å². The number of amides is 2. The molecule has 5 aromatic rings. The molecule has 0 aliphatic carbocycles. The second-order valence-corrected chi connectivity index (χ2v) is 10.8. The van der Waals surface area contributed by atoms with Crippen LogP contribution in [0.25, 0.3) is 27.8 Å². The van der Waals surface area contributed by atoms with Gasteiger partial charge < -0.3 is 19.5 Å². The van der Waals surface area contributed by atoms with Crippen molar-refractivity contribution < 1.29 is 14.8 Å². The molecule has 0 radical (unpaired) electrons. The van der Waals surface area contributed by atoms with Crippen LogP contribution in [0.2, 0.25) is 0 Å². The van der Waals surface area contributed by atoms with E-state index >= 15 is 0 Å². The fourth-order valence-electron chi connectivity index (χ4n) is 5.49. The molecule has 0 spiro atoms. The third kappa shape index (κ3) is 6.59. The molecule has 1 aliphatic rings. The van der Waals surface area contributed by atoms with Crippen LogP contribution in [0.15, 0.2) is 67.3 Å². The van der Waals surface area contributed by atoms with E-state index in [0.717, 1.165) is 71.5 Å². The Bertz CT molecular complexity index is 1700. The molecular formula is C31H35N9O3. The number of aromatic amines is 1. The van der Waals surface area contributed by atoms with Crippen LogP contribution in [0.3, 0.4) is 0 Å². The number of aromatic nitrogens is 5. The highest BCUT2D eigenvalue weighted by Gasteiger charge is 2.21. The van der Waals surface area contributed by atoms with Crippen LogP contribution in [-0.2, 0) is 9.59 Å². The molecular weight excluding hydrogens is 546 g/mol. The zero-order valence-corrected chi connectivity index (χ0v) is 23.9. The molecule has 2 amide bonds. The maximum atomic E-state index is 12.7. The van der Waals surface area contributed by atoms with Gasteiger partial charge >= 0.3 is 0 Å². The number of fused-ring (bicyclic) bond motifs is 2. The van der Waals surface area contributed by atoms with Crippen LogP contribution < -0.4 is 15.7 Å². The van der Waals surface area contributed by atoms with E-state index in [1.807, 2.05) is 52.0 Å². The Hall–Kier alpha value is -4.97. The number of hydroxylamine groups is 1. The van der Waals surface area contributed by atoms with Gasteiger partial charge in [0.25, 0.3) is 0 Å². The molecule has 0 saturated carbocycles. The summed E-state index contributed by atoms with van der Waals surface area (Å²) in [6.07, 6.45) is 11.6. The van der Waals surface area contributed by atoms with Gasteiger partial charge in [-0.25, -0.2) is 15.4 Å². The first-order chi connectivity index (χ1) is 21.1. The molecule has 0 atom stereocenters. The number of hydrogen-bond donors (Lipinski definition) is 4. The number of piperazine rings is 1. The van der Waals surface area contributed by atoms with E-state index in [0.29, 0.717) is 38.2 Å². The van der Waals surface area contributed by atoms with Crippen LogP contribution in [0.1, 0.15) is 38.5 Å². The maximum absolute atomic E-state index is 12.7. The Kier molecular flexibility index (Phi) is 8.45. The molecule has 12 nitrogen and oxygen atoms in total. The fourth-order valence-corrected chi connectivity index (χ4v) is 5.49. The highest BCUT2D eigenvalue weighted by atomic mass is 16.5. The molecule has 12 heteroatoms. The van der Waals surface area contributed by atoms with E-state index in [9.17, 15) is 9.59 Å². The molecule has 0 unspecified atom stereocenters. The van der Waals surface area contributed by atoms with E-state index in [-0.39, 0.29) is 11.8 Å². The van der Waals surface area contributed by atoms with Crippen molar-refractivity contribution >= 4 is 45.6 Å². The Morgan fingerprint density at radius 1 is 0.953 bits per heavy atom. The van der Waals surface area contributed by atoms with E-state index in [2.05, 4.69) is 37.5 Å². The lowest BCUT2D eigenvalue weighted by Crippen LogP contribution is -2.48. The molecule has 1 saturated heterocycles. The molecule has 3 aromatic heterocycles. The summed E-state index contributed by atoms with van der Waals surface area (Å²) in [5, 5.41) is 20.2. The topological polar surface area (TPSA) is 144 Å². The third-order valence-electron chi connectivity index (χ3n) is 7.91. The van der Waals surface area contributed by atoms with Gasteiger partial charge in [-0.05, 0) is 43.2 Å². The predicted molar refractivity (Wildman–Crippen MR) is 164 cm³/mol. The molecule has 1 fully saturated rings. The summed E-state index contributed by atoms with van der Waals surface area (Å²) in [4.78, 5) is 37.4. The van der Waals surface area contributed by atoms with E-state index in [4.69, 9.17) is 10.2 Å². The van der Waals surface area contributed by atoms with Gasteiger partial charge in [-0.2, -0.15) is 5.10 Å². The molecule has 222 valence electrons. The maximum Gasteiger partial charge on any atom is 0.243 e. The lowest BCUT2D eigenvalue weighted by atomic mass is 10.1. The minimum Gasteiger partial charge on any atom is -0.368 e. The monoisotopic (exact) mass is 581 g/mol. The number of nitrogens with zero attached hydrogens (tertiary/aromatic N) is 6. The lowest BCUT2D eigenvalue weighted by Gasteiger charge is -2.36. The van der Waals surface area contributed by atoms with E-state index in [1.54, 1.807) is 17.9 Å². The van der Waals surface area contributed by atoms with Gasteiger partial charge in [0.1, 0.15) is 0 Å². The van der Waals surface area contributed by atoms with Gasteiger partial charge in [0.2, 0.25) is 11.8 Å². The standard InChI is InChI=1S/C31H35N9O3/c41-28(37-43)5-3-1-2-4-6-29(42)39-17-15-38(16-18-39)25-11-9-24(10-12-25)34-30-31-32-13-14-40(31)21-27(35-30)22-7-8-23-20-33-36-26(23)19-22/h7-14,19-21,43H,1-6,15-18H2,(H,33,36)(H,34,35)(H,37,41). The Morgan fingerprint density at radius 2 is 1.74 bits per heavy atom. The van der Waals surface area contributed by atoms with Crippen molar-refractivity contribution in [3.63, 3.8) is 0 Å². The van der Waals surface area contributed by atoms with Crippen LogP contribution in [-0.4, -0.2) is 72.7 Å². The predicted octanol–water partition coefficient (Wildman–Crippen LogP) is 4.51. The number of nitrogens with one attached hydrogen (secondary N) is 3. The van der Waals surface area contributed by atoms with Gasteiger partial charge in [0, 0.05) is 79.9 Å². The second-order valence-electron chi connectivity index (χ2n) is 10.8. The molecule has 0 bridgehead atoms. The van der Waals surface area contributed by atoms with Crippen molar-refractivity contribution in [2.75, 3.05) is 36.4 Å².